The summed E-state index contributed by atoms with van der Waals surface area (Å²) >= 11 is 3.56. The first-order valence-corrected chi connectivity index (χ1v) is 6.21. The smallest absolute Gasteiger partial charge is 0.118 e. The molecular formula is C13H15BrN2O. The van der Waals surface area contributed by atoms with Gasteiger partial charge in [0, 0.05) is 13.5 Å². The van der Waals surface area contributed by atoms with E-state index in [4.69, 9.17) is 4.74 Å². The van der Waals surface area contributed by atoms with Gasteiger partial charge in [-0.2, -0.15) is 0 Å². The second kappa shape index (κ2) is 4.92. The maximum absolute atomic E-state index is 5.14. The standard InChI is InChI=1S/C13H15BrN2O/c1-9-15-12(13(14)16(9)2)8-10-4-6-11(17-3)7-5-10/h4-7H,8H2,1-3H3. The van der Waals surface area contributed by atoms with E-state index < -0.39 is 0 Å². The summed E-state index contributed by atoms with van der Waals surface area (Å²) in [6, 6.07) is 8.07. The molecule has 1 heterocycles. The van der Waals surface area contributed by atoms with E-state index in [-0.39, 0.29) is 0 Å². The van der Waals surface area contributed by atoms with Crippen molar-refractivity contribution in [2.24, 2.45) is 7.05 Å². The van der Waals surface area contributed by atoms with Crippen LogP contribution in [0.4, 0.5) is 0 Å². The largest absolute Gasteiger partial charge is 0.497 e. The summed E-state index contributed by atoms with van der Waals surface area (Å²) in [7, 11) is 3.68. The van der Waals surface area contributed by atoms with Gasteiger partial charge in [-0.05, 0) is 40.5 Å². The molecule has 0 N–H and O–H groups in total. The Bertz CT molecular complexity index is 517. The number of aryl methyl sites for hydroxylation is 1. The van der Waals surface area contributed by atoms with Crippen LogP contribution in [0.2, 0.25) is 0 Å². The van der Waals surface area contributed by atoms with Crippen LogP contribution in [0.5, 0.6) is 5.75 Å². The number of imidazole rings is 1. The van der Waals surface area contributed by atoms with E-state index in [1.165, 1.54) is 5.56 Å². The Morgan fingerprint density at radius 2 is 1.94 bits per heavy atom. The molecule has 1 aromatic heterocycles. The topological polar surface area (TPSA) is 27.1 Å². The fourth-order valence-corrected chi connectivity index (χ4v) is 2.19. The summed E-state index contributed by atoms with van der Waals surface area (Å²) < 4.78 is 8.22. The highest BCUT2D eigenvalue weighted by Crippen LogP contribution is 2.21. The predicted molar refractivity (Wildman–Crippen MR) is 71.4 cm³/mol. The third kappa shape index (κ3) is 2.52. The molecule has 3 nitrogen and oxygen atoms in total. The van der Waals surface area contributed by atoms with Crippen LogP contribution in [0.3, 0.4) is 0 Å². The lowest BCUT2D eigenvalue weighted by Crippen LogP contribution is -1.92. The molecule has 0 radical (unpaired) electrons. The van der Waals surface area contributed by atoms with Crippen LogP contribution in [0.15, 0.2) is 28.9 Å². The number of hydrogen-bond donors (Lipinski definition) is 0. The highest BCUT2D eigenvalue weighted by molar-refractivity contribution is 9.10. The minimum atomic E-state index is 0.826. The zero-order chi connectivity index (χ0) is 12.4. The van der Waals surface area contributed by atoms with Crippen molar-refractivity contribution >= 4 is 15.9 Å². The average Bonchev–Trinajstić information content (AvgIpc) is 2.58. The summed E-state index contributed by atoms with van der Waals surface area (Å²) in [4.78, 5) is 4.53. The number of hydrogen-bond acceptors (Lipinski definition) is 2. The van der Waals surface area contributed by atoms with Gasteiger partial charge in [-0.1, -0.05) is 12.1 Å². The normalized spacial score (nSPS) is 10.6. The molecule has 0 bridgehead atoms. The van der Waals surface area contributed by atoms with Crippen molar-refractivity contribution < 1.29 is 4.74 Å². The average molecular weight is 295 g/mol. The molecule has 90 valence electrons. The van der Waals surface area contributed by atoms with Crippen molar-refractivity contribution in [2.45, 2.75) is 13.3 Å². The van der Waals surface area contributed by atoms with E-state index in [1.807, 2.05) is 30.7 Å². The van der Waals surface area contributed by atoms with Crippen LogP contribution in [-0.2, 0) is 13.5 Å². The molecule has 0 spiro atoms. The van der Waals surface area contributed by atoms with Crippen molar-refractivity contribution in [3.05, 3.63) is 46.0 Å². The number of methoxy groups -OCH3 is 1. The summed E-state index contributed by atoms with van der Waals surface area (Å²) in [5, 5.41) is 0. The monoisotopic (exact) mass is 294 g/mol. The fourth-order valence-electron chi connectivity index (χ4n) is 1.70. The SMILES string of the molecule is COc1ccc(Cc2nc(C)n(C)c2Br)cc1. The zero-order valence-corrected chi connectivity index (χ0v) is 11.8. The van der Waals surface area contributed by atoms with Crippen LogP contribution < -0.4 is 4.74 Å². The number of rotatable bonds is 3. The molecule has 0 saturated heterocycles. The second-order valence-corrected chi connectivity index (χ2v) is 4.73. The number of nitrogens with zero attached hydrogens (tertiary/aromatic N) is 2. The number of benzene rings is 1. The molecule has 0 saturated carbocycles. The van der Waals surface area contributed by atoms with Crippen LogP contribution in [0.25, 0.3) is 0 Å². The van der Waals surface area contributed by atoms with Gasteiger partial charge in [0.2, 0.25) is 0 Å². The summed E-state index contributed by atoms with van der Waals surface area (Å²) in [6.45, 7) is 2.00. The van der Waals surface area contributed by atoms with E-state index in [0.29, 0.717) is 0 Å². The van der Waals surface area contributed by atoms with Gasteiger partial charge in [-0.25, -0.2) is 4.98 Å². The summed E-state index contributed by atoms with van der Waals surface area (Å²) in [5.41, 5.74) is 2.29. The van der Waals surface area contributed by atoms with Gasteiger partial charge in [0.05, 0.1) is 12.8 Å². The Hall–Kier alpha value is -1.29. The lowest BCUT2D eigenvalue weighted by atomic mass is 10.1. The second-order valence-electron chi connectivity index (χ2n) is 3.98. The van der Waals surface area contributed by atoms with E-state index >= 15 is 0 Å². The van der Waals surface area contributed by atoms with Gasteiger partial charge in [-0.3, -0.25) is 0 Å². The van der Waals surface area contributed by atoms with E-state index in [1.54, 1.807) is 7.11 Å². The van der Waals surface area contributed by atoms with Crippen molar-refractivity contribution in [1.82, 2.24) is 9.55 Å². The highest BCUT2D eigenvalue weighted by atomic mass is 79.9. The van der Waals surface area contributed by atoms with Gasteiger partial charge < -0.3 is 9.30 Å². The first-order chi connectivity index (χ1) is 8.11. The summed E-state index contributed by atoms with van der Waals surface area (Å²) in [5.74, 6) is 1.89. The van der Waals surface area contributed by atoms with Crippen molar-refractivity contribution in [2.75, 3.05) is 7.11 Å². The first-order valence-electron chi connectivity index (χ1n) is 5.42. The fraction of sp³-hybridized carbons (Fsp3) is 0.308. The van der Waals surface area contributed by atoms with Crippen molar-refractivity contribution in [3.63, 3.8) is 0 Å². The molecule has 17 heavy (non-hydrogen) atoms. The van der Waals surface area contributed by atoms with E-state index in [9.17, 15) is 0 Å². The molecule has 0 amide bonds. The molecule has 4 heteroatoms. The molecule has 0 aliphatic rings. The summed E-state index contributed by atoms with van der Waals surface area (Å²) in [6.07, 6.45) is 0.826. The number of ether oxygens (including phenoxy) is 1. The predicted octanol–water partition coefficient (Wildman–Crippen LogP) is 3.09. The maximum atomic E-state index is 5.14. The van der Waals surface area contributed by atoms with Crippen LogP contribution in [-0.4, -0.2) is 16.7 Å². The van der Waals surface area contributed by atoms with Crippen molar-refractivity contribution in [1.29, 1.82) is 0 Å². The molecule has 0 fully saturated rings. The third-order valence-corrected chi connectivity index (χ3v) is 3.84. The van der Waals surface area contributed by atoms with Crippen molar-refractivity contribution in [3.8, 4) is 5.75 Å². The lowest BCUT2D eigenvalue weighted by Gasteiger charge is -2.02. The molecular weight excluding hydrogens is 280 g/mol. The van der Waals surface area contributed by atoms with E-state index in [2.05, 4.69) is 33.0 Å². The molecule has 0 aliphatic heterocycles. The Morgan fingerprint density at radius 1 is 1.29 bits per heavy atom. The molecule has 0 unspecified atom stereocenters. The highest BCUT2D eigenvalue weighted by Gasteiger charge is 2.09. The minimum absolute atomic E-state index is 0.826. The first kappa shape index (κ1) is 12.2. The van der Waals surface area contributed by atoms with Crippen LogP contribution >= 0.6 is 15.9 Å². The van der Waals surface area contributed by atoms with E-state index in [0.717, 1.165) is 28.3 Å². The molecule has 0 atom stereocenters. The van der Waals surface area contributed by atoms with Gasteiger partial charge in [0.25, 0.3) is 0 Å². The Labute approximate surface area is 110 Å². The molecule has 2 aromatic rings. The zero-order valence-electron chi connectivity index (χ0n) is 10.2. The van der Waals surface area contributed by atoms with Gasteiger partial charge in [-0.15, -0.1) is 0 Å². The number of aromatic nitrogens is 2. The number of halogens is 1. The Kier molecular flexibility index (Phi) is 3.52. The maximum Gasteiger partial charge on any atom is 0.118 e. The quantitative estimate of drug-likeness (QED) is 0.870. The van der Waals surface area contributed by atoms with Gasteiger partial charge in [0.1, 0.15) is 16.2 Å². The van der Waals surface area contributed by atoms with Crippen LogP contribution in [0.1, 0.15) is 17.1 Å². The van der Waals surface area contributed by atoms with Crippen LogP contribution in [0, 0.1) is 6.92 Å². The molecule has 1 aromatic carbocycles. The lowest BCUT2D eigenvalue weighted by molar-refractivity contribution is 0.414. The molecule has 2 rings (SSSR count). The van der Waals surface area contributed by atoms with Gasteiger partial charge >= 0.3 is 0 Å². The minimum Gasteiger partial charge on any atom is -0.497 e. The van der Waals surface area contributed by atoms with Gasteiger partial charge in [0.15, 0.2) is 0 Å². The Balaban J connectivity index is 2.22. The molecule has 0 aliphatic carbocycles. The Morgan fingerprint density at radius 3 is 2.41 bits per heavy atom. The third-order valence-electron chi connectivity index (χ3n) is 2.85.